The fraction of sp³-hybridized carbons (Fsp3) is 0.579. The average molecular weight is 410 g/mol. The Labute approximate surface area is 164 Å². The van der Waals surface area contributed by atoms with Gasteiger partial charge in [-0.25, -0.2) is 8.42 Å². The van der Waals surface area contributed by atoms with Gasteiger partial charge in [0.15, 0.2) is 6.10 Å². The number of aliphatic hydroxyl groups excluding tert-OH is 1. The summed E-state index contributed by atoms with van der Waals surface area (Å²) in [5, 5.41) is 12.7. The molecule has 0 bridgehead atoms. The van der Waals surface area contributed by atoms with Gasteiger partial charge in [0.25, 0.3) is 5.91 Å². The summed E-state index contributed by atoms with van der Waals surface area (Å²) >= 11 is 0. The average Bonchev–Trinajstić information content (AvgIpc) is 3.34. The van der Waals surface area contributed by atoms with Gasteiger partial charge < -0.3 is 15.2 Å². The van der Waals surface area contributed by atoms with Crippen molar-refractivity contribution in [3.8, 4) is 0 Å². The van der Waals surface area contributed by atoms with Gasteiger partial charge in [0.1, 0.15) is 6.04 Å². The molecule has 3 rings (SSSR count). The minimum Gasteiger partial charge on any atom is -0.451 e. The molecule has 2 fully saturated rings. The molecule has 0 radical (unpaired) electrons. The molecule has 0 aromatic heterocycles. The molecule has 1 amide bonds. The molecule has 1 saturated heterocycles. The number of ether oxygens (including phenoxy) is 1. The van der Waals surface area contributed by atoms with Crippen LogP contribution in [-0.4, -0.2) is 60.5 Å². The zero-order chi connectivity index (χ0) is 20.6. The minimum atomic E-state index is -4.00. The number of hydrogen-bond acceptors (Lipinski definition) is 6. The first-order chi connectivity index (χ1) is 13.1. The Kier molecular flexibility index (Phi) is 5.79. The molecular weight excluding hydrogens is 384 g/mol. The molecule has 0 unspecified atom stereocenters. The molecule has 28 heavy (non-hydrogen) atoms. The molecule has 1 heterocycles. The molecule has 154 valence electrons. The maximum absolute atomic E-state index is 13.1. The summed E-state index contributed by atoms with van der Waals surface area (Å²) in [7, 11) is -4.00. The Bertz CT molecular complexity index is 880. The Hall–Kier alpha value is -1.97. The van der Waals surface area contributed by atoms with Crippen LogP contribution < -0.4 is 5.32 Å². The van der Waals surface area contributed by atoms with Crippen molar-refractivity contribution < 1.29 is 27.9 Å². The molecule has 0 spiro atoms. The lowest BCUT2D eigenvalue weighted by molar-refractivity contribution is -0.158. The van der Waals surface area contributed by atoms with E-state index in [-0.39, 0.29) is 23.9 Å². The van der Waals surface area contributed by atoms with Gasteiger partial charge in [0.05, 0.1) is 11.0 Å². The number of rotatable bonds is 6. The number of aliphatic hydroxyl groups is 1. The lowest BCUT2D eigenvalue weighted by atomic mass is 10.1. The molecule has 2 aliphatic rings. The number of nitrogens with one attached hydrogen (secondary N) is 1. The van der Waals surface area contributed by atoms with E-state index in [1.54, 1.807) is 19.1 Å². The normalized spacial score (nSPS) is 24.0. The van der Waals surface area contributed by atoms with Gasteiger partial charge in [-0.1, -0.05) is 6.07 Å². The van der Waals surface area contributed by atoms with Crippen molar-refractivity contribution in [2.24, 2.45) is 0 Å². The van der Waals surface area contributed by atoms with Crippen LogP contribution in [0.4, 0.5) is 0 Å². The number of carbonyl (C=O) groups is 2. The smallest absolute Gasteiger partial charge is 0.325 e. The van der Waals surface area contributed by atoms with Crippen LogP contribution in [-0.2, 0) is 24.3 Å². The van der Waals surface area contributed by atoms with Gasteiger partial charge in [-0.3, -0.25) is 9.59 Å². The fourth-order valence-corrected chi connectivity index (χ4v) is 4.84. The molecule has 1 aliphatic heterocycles. The first-order valence-electron chi connectivity index (χ1n) is 9.37. The van der Waals surface area contributed by atoms with Crippen LogP contribution in [0.3, 0.4) is 0 Å². The SMILES string of the molecule is Cc1ccc(S(=O)(=O)N2C[C@@H](O)C[C@H]2C(=O)O[C@@H](C)C(=O)NC2CC2)cc1C. The molecule has 1 aromatic carbocycles. The van der Waals surface area contributed by atoms with Crippen LogP contribution >= 0.6 is 0 Å². The Morgan fingerprint density at radius 1 is 1.25 bits per heavy atom. The highest BCUT2D eigenvalue weighted by Crippen LogP contribution is 2.28. The second-order valence-corrected chi connectivity index (χ2v) is 9.48. The van der Waals surface area contributed by atoms with Crippen molar-refractivity contribution in [1.82, 2.24) is 9.62 Å². The van der Waals surface area contributed by atoms with Crippen LogP contribution in [0, 0.1) is 13.8 Å². The van der Waals surface area contributed by atoms with Crippen molar-refractivity contribution in [1.29, 1.82) is 0 Å². The highest BCUT2D eigenvalue weighted by Gasteiger charge is 2.45. The van der Waals surface area contributed by atoms with Gasteiger partial charge in [-0.05, 0) is 56.9 Å². The van der Waals surface area contributed by atoms with E-state index in [2.05, 4.69) is 5.32 Å². The van der Waals surface area contributed by atoms with E-state index in [1.807, 2.05) is 6.92 Å². The number of aryl methyl sites for hydroxylation is 2. The summed E-state index contributed by atoms with van der Waals surface area (Å²) in [6.07, 6.45) is -0.266. The van der Waals surface area contributed by atoms with Crippen molar-refractivity contribution in [2.75, 3.05) is 6.54 Å². The first-order valence-corrected chi connectivity index (χ1v) is 10.8. The van der Waals surface area contributed by atoms with E-state index in [4.69, 9.17) is 4.74 Å². The number of hydrogen-bond donors (Lipinski definition) is 2. The van der Waals surface area contributed by atoms with E-state index in [0.29, 0.717) is 0 Å². The zero-order valence-electron chi connectivity index (χ0n) is 16.2. The van der Waals surface area contributed by atoms with Crippen molar-refractivity contribution in [2.45, 2.75) is 69.2 Å². The van der Waals surface area contributed by atoms with Gasteiger partial charge in [0, 0.05) is 19.0 Å². The number of sulfonamides is 1. The second-order valence-electron chi connectivity index (χ2n) is 7.59. The van der Waals surface area contributed by atoms with Crippen LogP contribution in [0.1, 0.15) is 37.3 Å². The van der Waals surface area contributed by atoms with Crippen LogP contribution in [0.25, 0.3) is 0 Å². The third-order valence-electron chi connectivity index (χ3n) is 5.18. The number of esters is 1. The Morgan fingerprint density at radius 2 is 1.93 bits per heavy atom. The highest BCUT2D eigenvalue weighted by molar-refractivity contribution is 7.89. The molecule has 1 aromatic rings. The first kappa shape index (κ1) is 20.8. The molecule has 1 aliphatic carbocycles. The van der Waals surface area contributed by atoms with Gasteiger partial charge in [-0.2, -0.15) is 4.31 Å². The summed E-state index contributed by atoms with van der Waals surface area (Å²) in [6, 6.07) is 3.69. The number of nitrogens with zero attached hydrogens (tertiary/aromatic N) is 1. The predicted molar refractivity (Wildman–Crippen MR) is 101 cm³/mol. The number of benzene rings is 1. The number of amides is 1. The maximum atomic E-state index is 13.1. The highest BCUT2D eigenvalue weighted by atomic mass is 32.2. The standard InChI is InChI=1S/C19H26N2O6S/c1-11-4-7-16(8-12(11)2)28(25,26)21-10-15(22)9-17(21)19(24)27-13(3)18(23)20-14-5-6-14/h4,7-8,13-15,17,22H,5-6,9-10H2,1-3H3,(H,20,23)/t13-,15-,17-/m0/s1. The number of β-amino-alcohol motifs (C(OH)–C–C–N with tert-alkyl or cyclic N) is 1. The number of carbonyl (C=O) groups excluding carboxylic acids is 2. The molecule has 3 atom stereocenters. The van der Waals surface area contributed by atoms with Gasteiger partial charge in [0.2, 0.25) is 10.0 Å². The lowest BCUT2D eigenvalue weighted by Gasteiger charge is -2.24. The lowest BCUT2D eigenvalue weighted by Crippen LogP contribution is -2.44. The minimum absolute atomic E-state index is 0.0574. The summed E-state index contributed by atoms with van der Waals surface area (Å²) < 4.78 is 32.3. The third kappa shape index (κ3) is 4.37. The largest absolute Gasteiger partial charge is 0.451 e. The monoisotopic (exact) mass is 410 g/mol. The van der Waals surface area contributed by atoms with Gasteiger partial charge in [-0.15, -0.1) is 0 Å². The van der Waals surface area contributed by atoms with Crippen molar-refractivity contribution in [3.63, 3.8) is 0 Å². The van der Waals surface area contributed by atoms with Crippen LogP contribution in [0.15, 0.2) is 23.1 Å². The maximum Gasteiger partial charge on any atom is 0.325 e. The quantitative estimate of drug-likeness (QED) is 0.666. The Balaban J connectivity index is 1.76. The van der Waals surface area contributed by atoms with E-state index in [1.165, 1.54) is 13.0 Å². The van der Waals surface area contributed by atoms with E-state index in [0.717, 1.165) is 28.3 Å². The molecule has 9 heteroatoms. The van der Waals surface area contributed by atoms with E-state index < -0.39 is 40.1 Å². The predicted octanol–water partition coefficient (Wildman–Crippen LogP) is 0.638. The Morgan fingerprint density at radius 3 is 2.54 bits per heavy atom. The van der Waals surface area contributed by atoms with Crippen molar-refractivity contribution >= 4 is 21.9 Å². The van der Waals surface area contributed by atoms with Crippen LogP contribution in [0.5, 0.6) is 0 Å². The third-order valence-corrected chi connectivity index (χ3v) is 7.05. The topological polar surface area (TPSA) is 113 Å². The van der Waals surface area contributed by atoms with E-state index in [9.17, 15) is 23.1 Å². The van der Waals surface area contributed by atoms with E-state index >= 15 is 0 Å². The molecule has 1 saturated carbocycles. The summed E-state index contributed by atoms with van der Waals surface area (Å²) in [6.45, 7) is 4.93. The zero-order valence-corrected chi connectivity index (χ0v) is 17.0. The second kappa shape index (κ2) is 7.81. The summed E-state index contributed by atoms with van der Waals surface area (Å²) in [5.41, 5.74) is 1.76. The fourth-order valence-electron chi connectivity index (χ4n) is 3.13. The summed E-state index contributed by atoms with van der Waals surface area (Å²) in [4.78, 5) is 24.7. The molecule has 2 N–H and O–H groups in total. The molecule has 8 nitrogen and oxygen atoms in total. The van der Waals surface area contributed by atoms with Gasteiger partial charge >= 0.3 is 5.97 Å². The van der Waals surface area contributed by atoms with Crippen LogP contribution in [0.2, 0.25) is 0 Å². The molecular formula is C19H26N2O6S. The summed E-state index contributed by atoms with van der Waals surface area (Å²) in [5.74, 6) is -1.24. The van der Waals surface area contributed by atoms with Crippen molar-refractivity contribution in [3.05, 3.63) is 29.3 Å².